The van der Waals surface area contributed by atoms with Gasteiger partial charge in [-0.1, -0.05) is 12.1 Å². The van der Waals surface area contributed by atoms with E-state index in [1.54, 1.807) is 23.1 Å². The van der Waals surface area contributed by atoms with Crippen molar-refractivity contribution >= 4 is 11.6 Å². The Balaban J connectivity index is 2.03. The Bertz CT molecular complexity index is 613. The molecule has 0 bridgehead atoms. The molecule has 0 radical (unpaired) electrons. The van der Waals surface area contributed by atoms with E-state index in [-0.39, 0.29) is 11.7 Å². The first kappa shape index (κ1) is 11.6. The molecule has 1 aromatic heterocycles. The molecular formula is C14H13N3O2. The SMILES string of the molecule is O=C(c1ccnnc1)N1CCCc2cccc(O)c21. The largest absolute Gasteiger partial charge is 0.506 e. The van der Waals surface area contributed by atoms with Crippen LogP contribution in [0.2, 0.25) is 0 Å². The Kier molecular flexibility index (Phi) is 2.87. The number of aryl methyl sites for hydroxylation is 1. The summed E-state index contributed by atoms with van der Waals surface area (Å²) in [7, 11) is 0. The van der Waals surface area contributed by atoms with E-state index < -0.39 is 0 Å². The van der Waals surface area contributed by atoms with Crippen LogP contribution in [0.25, 0.3) is 0 Å². The van der Waals surface area contributed by atoms with E-state index in [1.165, 1.54) is 12.4 Å². The molecule has 1 N–H and O–H groups in total. The number of hydrogen-bond acceptors (Lipinski definition) is 4. The van der Waals surface area contributed by atoms with Gasteiger partial charge in [-0.05, 0) is 30.5 Å². The van der Waals surface area contributed by atoms with E-state index >= 15 is 0 Å². The van der Waals surface area contributed by atoms with Gasteiger partial charge in [0.15, 0.2) is 0 Å². The Morgan fingerprint density at radius 1 is 1.26 bits per heavy atom. The molecule has 1 aromatic carbocycles. The molecule has 1 aliphatic rings. The van der Waals surface area contributed by atoms with Gasteiger partial charge >= 0.3 is 0 Å². The van der Waals surface area contributed by atoms with E-state index in [2.05, 4.69) is 10.2 Å². The minimum Gasteiger partial charge on any atom is -0.506 e. The highest BCUT2D eigenvalue weighted by molar-refractivity contribution is 6.07. The fourth-order valence-electron chi connectivity index (χ4n) is 2.41. The van der Waals surface area contributed by atoms with Crippen LogP contribution < -0.4 is 4.90 Å². The maximum Gasteiger partial charge on any atom is 0.260 e. The molecule has 1 amide bonds. The molecule has 0 fully saturated rings. The number of hydrogen-bond donors (Lipinski definition) is 1. The van der Waals surface area contributed by atoms with Gasteiger partial charge in [-0.25, -0.2) is 0 Å². The fourth-order valence-corrected chi connectivity index (χ4v) is 2.41. The molecule has 0 aliphatic carbocycles. The molecule has 96 valence electrons. The molecule has 0 unspecified atom stereocenters. The van der Waals surface area contributed by atoms with Crippen LogP contribution >= 0.6 is 0 Å². The van der Waals surface area contributed by atoms with E-state index in [0.717, 1.165) is 18.4 Å². The number of amides is 1. The monoisotopic (exact) mass is 255 g/mol. The third-order valence-corrected chi connectivity index (χ3v) is 3.27. The molecule has 1 aliphatic heterocycles. The molecule has 0 saturated carbocycles. The average molecular weight is 255 g/mol. The van der Waals surface area contributed by atoms with Crippen LogP contribution in [-0.2, 0) is 6.42 Å². The number of fused-ring (bicyclic) bond motifs is 1. The van der Waals surface area contributed by atoms with Gasteiger partial charge in [0.05, 0.1) is 23.6 Å². The molecule has 2 aromatic rings. The Morgan fingerprint density at radius 2 is 2.16 bits per heavy atom. The summed E-state index contributed by atoms with van der Waals surface area (Å²) in [5.74, 6) is -0.00934. The summed E-state index contributed by atoms with van der Waals surface area (Å²) >= 11 is 0. The van der Waals surface area contributed by atoms with Gasteiger partial charge in [0, 0.05) is 6.54 Å². The number of para-hydroxylation sites is 1. The topological polar surface area (TPSA) is 66.3 Å². The van der Waals surface area contributed by atoms with Crippen LogP contribution in [0.3, 0.4) is 0 Å². The second kappa shape index (κ2) is 4.68. The number of aromatic hydroxyl groups is 1. The third kappa shape index (κ3) is 2.03. The van der Waals surface area contributed by atoms with E-state index in [0.29, 0.717) is 17.8 Å². The smallest absolute Gasteiger partial charge is 0.260 e. The lowest BCUT2D eigenvalue weighted by molar-refractivity contribution is 0.0983. The average Bonchev–Trinajstić information content (AvgIpc) is 2.47. The maximum absolute atomic E-state index is 12.5. The van der Waals surface area contributed by atoms with Crippen LogP contribution in [0.15, 0.2) is 36.7 Å². The highest BCUT2D eigenvalue weighted by atomic mass is 16.3. The molecule has 5 heteroatoms. The van der Waals surface area contributed by atoms with Gasteiger partial charge in [-0.2, -0.15) is 10.2 Å². The lowest BCUT2D eigenvalue weighted by Crippen LogP contribution is -2.35. The summed E-state index contributed by atoms with van der Waals surface area (Å²) in [6.45, 7) is 0.603. The number of carbonyl (C=O) groups is 1. The van der Waals surface area contributed by atoms with Crippen molar-refractivity contribution < 1.29 is 9.90 Å². The third-order valence-electron chi connectivity index (χ3n) is 3.27. The first-order valence-corrected chi connectivity index (χ1v) is 6.17. The Hall–Kier alpha value is -2.43. The second-order valence-corrected chi connectivity index (χ2v) is 4.48. The highest BCUT2D eigenvalue weighted by Crippen LogP contribution is 2.35. The first-order valence-electron chi connectivity index (χ1n) is 6.17. The van der Waals surface area contributed by atoms with E-state index in [9.17, 15) is 9.90 Å². The van der Waals surface area contributed by atoms with Crippen molar-refractivity contribution in [1.82, 2.24) is 10.2 Å². The van der Waals surface area contributed by atoms with Crippen LogP contribution in [-0.4, -0.2) is 27.8 Å². The van der Waals surface area contributed by atoms with Crippen LogP contribution in [0.1, 0.15) is 22.3 Å². The number of nitrogens with zero attached hydrogens (tertiary/aromatic N) is 3. The first-order chi connectivity index (χ1) is 9.27. The quantitative estimate of drug-likeness (QED) is 0.843. The van der Waals surface area contributed by atoms with Gasteiger partial charge in [-0.15, -0.1) is 0 Å². The lowest BCUT2D eigenvalue weighted by Gasteiger charge is -2.30. The predicted molar refractivity (Wildman–Crippen MR) is 70.1 cm³/mol. The molecule has 5 nitrogen and oxygen atoms in total. The summed E-state index contributed by atoms with van der Waals surface area (Å²) in [5.41, 5.74) is 2.10. The van der Waals surface area contributed by atoms with Gasteiger partial charge in [0.1, 0.15) is 5.75 Å². The minimum atomic E-state index is -0.155. The van der Waals surface area contributed by atoms with Crippen LogP contribution in [0.5, 0.6) is 5.75 Å². The highest BCUT2D eigenvalue weighted by Gasteiger charge is 2.26. The summed E-state index contributed by atoms with van der Waals surface area (Å²) in [4.78, 5) is 14.1. The Labute approximate surface area is 110 Å². The van der Waals surface area contributed by atoms with Crippen molar-refractivity contribution in [3.05, 3.63) is 47.8 Å². The van der Waals surface area contributed by atoms with Crippen molar-refractivity contribution in [2.45, 2.75) is 12.8 Å². The van der Waals surface area contributed by atoms with Crippen LogP contribution in [0.4, 0.5) is 5.69 Å². The number of phenolic OH excluding ortho intramolecular Hbond substituents is 1. The van der Waals surface area contributed by atoms with Crippen molar-refractivity contribution in [2.24, 2.45) is 0 Å². The molecule has 0 atom stereocenters. The maximum atomic E-state index is 12.5. The standard InChI is InChI=1S/C14H13N3O2/c18-12-5-1-3-10-4-2-8-17(13(10)12)14(19)11-6-7-15-16-9-11/h1,3,5-7,9,18H,2,4,8H2. The molecule has 0 saturated heterocycles. The van der Waals surface area contributed by atoms with Gasteiger partial charge < -0.3 is 10.0 Å². The van der Waals surface area contributed by atoms with Gasteiger partial charge in [0.2, 0.25) is 0 Å². The van der Waals surface area contributed by atoms with Gasteiger partial charge in [-0.3, -0.25) is 4.79 Å². The lowest BCUT2D eigenvalue weighted by atomic mass is 10.0. The van der Waals surface area contributed by atoms with Crippen molar-refractivity contribution in [3.63, 3.8) is 0 Å². The molecule has 3 rings (SSSR count). The Morgan fingerprint density at radius 3 is 2.95 bits per heavy atom. The van der Waals surface area contributed by atoms with E-state index in [1.807, 2.05) is 6.07 Å². The number of carbonyl (C=O) groups excluding carboxylic acids is 1. The summed E-state index contributed by atoms with van der Waals surface area (Å²) < 4.78 is 0. The summed E-state index contributed by atoms with van der Waals surface area (Å²) in [6, 6.07) is 6.98. The second-order valence-electron chi connectivity index (χ2n) is 4.48. The zero-order valence-electron chi connectivity index (χ0n) is 10.3. The summed E-state index contributed by atoms with van der Waals surface area (Å²) in [6.07, 6.45) is 4.70. The molecule has 0 spiro atoms. The molecule has 19 heavy (non-hydrogen) atoms. The number of benzene rings is 1. The molecular weight excluding hydrogens is 242 g/mol. The van der Waals surface area contributed by atoms with E-state index in [4.69, 9.17) is 0 Å². The normalized spacial score (nSPS) is 14.0. The number of rotatable bonds is 1. The van der Waals surface area contributed by atoms with Crippen molar-refractivity contribution in [3.8, 4) is 5.75 Å². The van der Waals surface area contributed by atoms with Crippen LogP contribution in [0, 0.1) is 0 Å². The van der Waals surface area contributed by atoms with Gasteiger partial charge in [0.25, 0.3) is 5.91 Å². The number of phenols is 1. The molecule has 2 heterocycles. The fraction of sp³-hybridized carbons (Fsp3) is 0.214. The van der Waals surface area contributed by atoms with Crippen molar-refractivity contribution in [1.29, 1.82) is 0 Å². The minimum absolute atomic E-state index is 0.146. The number of aromatic nitrogens is 2. The zero-order valence-corrected chi connectivity index (χ0v) is 10.3. The predicted octanol–water partition coefficient (Wildman–Crippen LogP) is 1.78. The zero-order chi connectivity index (χ0) is 13.2. The summed E-state index contributed by atoms with van der Waals surface area (Å²) in [5, 5.41) is 17.4. The van der Waals surface area contributed by atoms with Crippen molar-refractivity contribution in [2.75, 3.05) is 11.4 Å². The number of anilines is 1.